The zero-order valence-electron chi connectivity index (χ0n) is 8.87. The van der Waals surface area contributed by atoms with Crippen LogP contribution >= 0.6 is 0 Å². The molecule has 14 heavy (non-hydrogen) atoms. The van der Waals surface area contributed by atoms with Gasteiger partial charge in [0.2, 0.25) is 5.91 Å². The van der Waals surface area contributed by atoms with Crippen LogP contribution in [0.2, 0.25) is 0 Å². The molecule has 2 unspecified atom stereocenters. The third kappa shape index (κ3) is 1.92. The topological polar surface area (TPSA) is 29.5 Å². The molecule has 2 aliphatic heterocycles. The Morgan fingerprint density at radius 2 is 2.36 bits per heavy atom. The van der Waals surface area contributed by atoms with Crippen LogP contribution in [0.5, 0.6) is 0 Å². The van der Waals surface area contributed by atoms with Gasteiger partial charge in [0.1, 0.15) is 0 Å². The van der Waals surface area contributed by atoms with Gasteiger partial charge < -0.3 is 9.64 Å². The number of rotatable bonds is 2. The molecule has 0 spiro atoms. The Balaban J connectivity index is 1.86. The molecule has 2 saturated heterocycles. The number of nitrogens with zero attached hydrogens (tertiary/aromatic N) is 1. The highest BCUT2D eigenvalue weighted by molar-refractivity contribution is 5.79. The van der Waals surface area contributed by atoms with Crippen LogP contribution in [0.1, 0.15) is 26.2 Å². The quantitative estimate of drug-likeness (QED) is 0.667. The highest BCUT2D eigenvalue weighted by Gasteiger charge is 2.31. The largest absolute Gasteiger partial charge is 0.381 e. The monoisotopic (exact) mass is 197 g/mol. The molecule has 2 atom stereocenters. The molecule has 0 saturated carbocycles. The summed E-state index contributed by atoms with van der Waals surface area (Å²) in [6.45, 7) is 5.56. The first-order chi connectivity index (χ1) is 6.81. The van der Waals surface area contributed by atoms with E-state index in [0.29, 0.717) is 12.5 Å². The summed E-state index contributed by atoms with van der Waals surface area (Å²) >= 11 is 0. The smallest absolute Gasteiger partial charge is 0.228 e. The molecule has 2 fully saturated rings. The fourth-order valence-electron chi connectivity index (χ4n) is 2.35. The molecular weight excluding hydrogens is 178 g/mol. The van der Waals surface area contributed by atoms with Gasteiger partial charge in [-0.25, -0.2) is 0 Å². The van der Waals surface area contributed by atoms with Crippen molar-refractivity contribution >= 4 is 5.91 Å². The Labute approximate surface area is 85.4 Å². The lowest BCUT2D eigenvalue weighted by Gasteiger charge is -2.19. The van der Waals surface area contributed by atoms with E-state index in [4.69, 9.17) is 4.74 Å². The molecule has 0 aromatic heterocycles. The molecule has 1 amide bonds. The molecule has 80 valence electrons. The van der Waals surface area contributed by atoms with E-state index in [0.717, 1.165) is 32.0 Å². The average Bonchev–Trinajstić information content (AvgIpc) is 2.88. The number of amides is 1. The number of carbonyl (C=O) groups excluding carboxylic acids is 1. The zero-order valence-corrected chi connectivity index (χ0v) is 8.87. The zero-order chi connectivity index (χ0) is 9.97. The van der Waals surface area contributed by atoms with Crippen molar-refractivity contribution in [3.05, 3.63) is 0 Å². The lowest BCUT2D eigenvalue weighted by atomic mass is 10.1. The van der Waals surface area contributed by atoms with Crippen molar-refractivity contribution in [3.8, 4) is 0 Å². The standard InChI is InChI=1S/C11H19NO2/c1-2-9-3-5-12(7-9)11(13)10-4-6-14-8-10/h9-10H,2-8H2,1H3. The van der Waals surface area contributed by atoms with Gasteiger partial charge in [-0.2, -0.15) is 0 Å². The molecule has 0 bridgehead atoms. The van der Waals surface area contributed by atoms with Crippen molar-refractivity contribution in [3.63, 3.8) is 0 Å². The molecule has 3 heteroatoms. The number of likely N-dealkylation sites (tertiary alicyclic amines) is 1. The molecule has 0 aromatic carbocycles. The van der Waals surface area contributed by atoms with Gasteiger partial charge in [0.05, 0.1) is 12.5 Å². The first kappa shape index (κ1) is 9.97. The third-order valence-corrected chi connectivity index (χ3v) is 3.45. The Morgan fingerprint density at radius 3 is 2.93 bits per heavy atom. The summed E-state index contributed by atoms with van der Waals surface area (Å²) in [6.07, 6.45) is 3.31. The van der Waals surface area contributed by atoms with Crippen LogP contribution in [0.15, 0.2) is 0 Å². The maximum Gasteiger partial charge on any atom is 0.228 e. The van der Waals surface area contributed by atoms with Gasteiger partial charge in [-0.05, 0) is 18.8 Å². The molecule has 2 rings (SSSR count). The summed E-state index contributed by atoms with van der Waals surface area (Å²) in [4.78, 5) is 14.0. The van der Waals surface area contributed by atoms with Gasteiger partial charge in [0, 0.05) is 19.7 Å². The highest BCUT2D eigenvalue weighted by atomic mass is 16.5. The van der Waals surface area contributed by atoms with Crippen molar-refractivity contribution < 1.29 is 9.53 Å². The predicted octanol–water partition coefficient (Wildman–Crippen LogP) is 1.28. The van der Waals surface area contributed by atoms with E-state index in [9.17, 15) is 4.79 Å². The van der Waals surface area contributed by atoms with Crippen LogP contribution < -0.4 is 0 Å². The Morgan fingerprint density at radius 1 is 1.50 bits per heavy atom. The summed E-state index contributed by atoms with van der Waals surface area (Å²) in [7, 11) is 0. The second-order valence-corrected chi connectivity index (χ2v) is 4.41. The molecule has 0 aromatic rings. The molecule has 0 aliphatic carbocycles. The van der Waals surface area contributed by atoms with Gasteiger partial charge in [-0.15, -0.1) is 0 Å². The lowest BCUT2D eigenvalue weighted by molar-refractivity contribution is -0.134. The van der Waals surface area contributed by atoms with Crippen LogP contribution in [-0.4, -0.2) is 37.1 Å². The van der Waals surface area contributed by atoms with E-state index < -0.39 is 0 Å². The maximum atomic E-state index is 12.0. The molecule has 2 heterocycles. The SMILES string of the molecule is CCC1CCN(C(=O)C2CCOC2)C1. The van der Waals surface area contributed by atoms with Crippen LogP contribution in [0.25, 0.3) is 0 Å². The Kier molecular flexibility index (Phi) is 3.06. The summed E-state index contributed by atoms with van der Waals surface area (Å²) < 4.78 is 5.24. The second kappa shape index (κ2) is 4.30. The van der Waals surface area contributed by atoms with Gasteiger partial charge in [-0.1, -0.05) is 13.3 Å². The van der Waals surface area contributed by atoms with E-state index in [2.05, 4.69) is 6.92 Å². The van der Waals surface area contributed by atoms with Crippen molar-refractivity contribution in [1.82, 2.24) is 4.90 Å². The van der Waals surface area contributed by atoms with Crippen LogP contribution in [0.3, 0.4) is 0 Å². The van der Waals surface area contributed by atoms with E-state index in [1.54, 1.807) is 0 Å². The van der Waals surface area contributed by atoms with Gasteiger partial charge >= 0.3 is 0 Å². The van der Waals surface area contributed by atoms with Crippen LogP contribution in [0.4, 0.5) is 0 Å². The van der Waals surface area contributed by atoms with Crippen molar-refractivity contribution in [2.24, 2.45) is 11.8 Å². The second-order valence-electron chi connectivity index (χ2n) is 4.41. The Bertz CT molecular complexity index is 211. The summed E-state index contributed by atoms with van der Waals surface area (Å²) in [5.74, 6) is 1.23. The highest BCUT2D eigenvalue weighted by Crippen LogP contribution is 2.23. The minimum absolute atomic E-state index is 0.158. The molecule has 3 nitrogen and oxygen atoms in total. The maximum absolute atomic E-state index is 12.0. The summed E-state index contributed by atoms with van der Waals surface area (Å²) in [6, 6.07) is 0. The minimum Gasteiger partial charge on any atom is -0.381 e. The molecule has 2 aliphatic rings. The molecule has 0 radical (unpaired) electrons. The molecule has 0 N–H and O–H groups in total. The fraction of sp³-hybridized carbons (Fsp3) is 0.909. The summed E-state index contributed by atoms with van der Waals surface area (Å²) in [5, 5.41) is 0. The van der Waals surface area contributed by atoms with E-state index in [1.165, 1.54) is 12.8 Å². The fourth-order valence-corrected chi connectivity index (χ4v) is 2.35. The van der Waals surface area contributed by atoms with Crippen LogP contribution in [0, 0.1) is 11.8 Å². The predicted molar refractivity (Wildman–Crippen MR) is 53.9 cm³/mol. The molecular formula is C11H19NO2. The number of hydrogen-bond donors (Lipinski definition) is 0. The summed E-state index contributed by atoms with van der Waals surface area (Å²) in [5.41, 5.74) is 0. The minimum atomic E-state index is 0.158. The Hall–Kier alpha value is -0.570. The lowest BCUT2D eigenvalue weighted by Crippen LogP contribution is -2.34. The van der Waals surface area contributed by atoms with Crippen molar-refractivity contribution in [2.75, 3.05) is 26.3 Å². The first-order valence-corrected chi connectivity index (χ1v) is 5.67. The van der Waals surface area contributed by atoms with Gasteiger partial charge in [0.15, 0.2) is 0 Å². The van der Waals surface area contributed by atoms with Crippen LogP contribution in [-0.2, 0) is 9.53 Å². The number of hydrogen-bond acceptors (Lipinski definition) is 2. The van der Waals surface area contributed by atoms with E-state index in [1.807, 2.05) is 4.90 Å². The normalized spacial score (nSPS) is 32.5. The van der Waals surface area contributed by atoms with E-state index in [-0.39, 0.29) is 5.92 Å². The average molecular weight is 197 g/mol. The number of ether oxygens (including phenoxy) is 1. The van der Waals surface area contributed by atoms with Gasteiger partial charge in [0.25, 0.3) is 0 Å². The van der Waals surface area contributed by atoms with Crippen molar-refractivity contribution in [2.45, 2.75) is 26.2 Å². The van der Waals surface area contributed by atoms with Crippen molar-refractivity contribution in [1.29, 1.82) is 0 Å². The van der Waals surface area contributed by atoms with Gasteiger partial charge in [-0.3, -0.25) is 4.79 Å². The first-order valence-electron chi connectivity index (χ1n) is 5.67. The van der Waals surface area contributed by atoms with E-state index >= 15 is 0 Å². The number of carbonyl (C=O) groups is 1. The third-order valence-electron chi connectivity index (χ3n) is 3.45.